The van der Waals surface area contributed by atoms with E-state index in [0.717, 1.165) is 5.70 Å². The van der Waals surface area contributed by atoms with Crippen LogP contribution < -0.4 is 11.1 Å². The van der Waals surface area contributed by atoms with Gasteiger partial charge in [-0.1, -0.05) is 0 Å². The number of hydrogen-bond donors (Lipinski definition) is 2. The maximum absolute atomic E-state index is 5.32. The number of nitrogens with two attached hydrogens (primary N) is 1. The normalized spacial score (nSPS) is 18.6. The Morgan fingerprint density at radius 3 is 3.00 bits per heavy atom. The monoisotopic (exact) mass is 111 g/mol. The molecule has 0 atom stereocenters. The van der Waals surface area contributed by atoms with Crippen molar-refractivity contribution in [3.05, 3.63) is 11.8 Å². The summed E-state index contributed by atoms with van der Waals surface area (Å²) in [7, 11) is 0. The minimum absolute atomic E-state index is 0.519. The van der Waals surface area contributed by atoms with E-state index in [1.165, 1.54) is 0 Å². The summed E-state index contributed by atoms with van der Waals surface area (Å²) in [6, 6.07) is 0. The molecule has 0 aliphatic carbocycles. The van der Waals surface area contributed by atoms with Crippen LogP contribution in [0.3, 0.4) is 0 Å². The van der Waals surface area contributed by atoms with Gasteiger partial charge in [-0.15, -0.1) is 0 Å². The zero-order valence-corrected chi connectivity index (χ0v) is 4.81. The van der Waals surface area contributed by atoms with Crippen LogP contribution in [0.25, 0.3) is 0 Å². The van der Waals surface area contributed by atoms with Crippen LogP contribution in [0.2, 0.25) is 0 Å². The molecule has 1 heterocycles. The molecule has 0 unspecified atom stereocenters. The minimum atomic E-state index is 0.519. The Kier molecular flexibility index (Phi) is 1.20. The van der Waals surface area contributed by atoms with Crippen LogP contribution in [-0.4, -0.2) is 12.5 Å². The van der Waals surface area contributed by atoms with Gasteiger partial charge in [0.2, 0.25) is 0 Å². The van der Waals surface area contributed by atoms with Gasteiger partial charge in [0, 0.05) is 5.70 Å². The van der Waals surface area contributed by atoms with Gasteiger partial charge in [0.15, 0.2) is 5.96 Å². The number of aliphatic imine (C=N–C) groups is 1. The average Bonchev–Trinajstić information content (AvgIpc) is 1.64. The summed E-state index contributed by atoms with van der Waals surface area (Å²) in [5, 5.41) is 2.87. The third-order valence-electron chi connectivity index (χ3n) is 0.984. The van der Waals surface area contributed by atoms with Crippen LogP contribution in [0.15, 0.2) is 16.8 Å². The summed E-state index contributed by atoms with van der Waals surface area (Å²) in [6.45, 7) is 2.67. The predicted octanol–water partition coefficient (Wildman–Crippen LogP) is -0.192. The molecule has 3 N–H and O–H groups in total. The van der Waals surface area contributed by atoms with E-state index >= 15 is 0 Å². The Labute approximate surface area is 48.3 Å². The molecule has 1 rings (SSSR count). The lowest BCUT2D eigenvalue weighted by Crippen LogP contribution is -2.32. The van der Waals surface area contributed by atoms with Gasteiger partial charge in [-0.25, -0.2) is 4.99 Å². The molecule has 44 valence electrons. The zero-order chi connectivity index (χ0) is 5.98. The maximum atomic E-state index is 5.32. The standard InChI is InChI=1S/C5H9N3/c1-4-2-3-7-5(6)8-4/h2H,3H2,1H3,(H3,6,7,8). The predicted molar refractivity (Wildman–Crippen MR) is 33.4 cm³/mol. The quantitative estimate of drug-likeness (QED) is 0.455. The Morgan fingerprint density at radius 1 is 1.88 bits per heavy atom. The molecule has 0 saturated heterocycles. The molecule has 0 saturated carbocycles. The third-order valence-corrected chi connectivity index (χ3v) is 0.984. The van der Waals surface area contributed by atoms with Crippen LogP contribution in [-0.2, 0) is 0 Å². The van der Waals surface area contributed by atoms with Crippen molar-refractivity contribution in [1.82, 2.24) is 5.32 Å². The van der Waals surface area contributed by atoms with Crippen molar-refractivity contribution in [3.8, 4) is 0 Å². The molecule has 0 spiro atoms. The van der Waals surface area contributed by atoms with Crippen molar-refractivity contribution in [1.29, 1.82) is 0 Å². The molecule has 1 aliphatic rings. The molecular weight excluding hydrogens is 102 g/mol. The van der Waals surface area contributed by atoms with E-state index in [0.29, 0.717) is 12.5 Å². The van der Waals surface area contributed by atoms with Gasteiger partial charge in [0.25, 0.3) is 0 Å². The van der Waals surface area contributed by atoms with E-state index in [1.54, 1.807) is 0 Å². The molecule has 0 aromatic rings. The molecule has 0 fully saturated rings. The number of allylic oxidation sites excluding steroid dienone is 1. The molecule has 3 nitrogen and oxygen atoms in total. The molecule has 0 aromatic heterocycles. The largest absolute Gasteiger partial charge is 0.370 e. The van der Waals surface area contributed by atoms with Crippen molar-refractivity contribution >= 4 is 5.96 Å². The van der Waals surface area contributed by atoms with Crippen molar-refractivity contribution in [2.24, 2.45) is 10.7 Å². The fourth-order valence-electron chi connectivity index (χ4n) is 0.573. The van der Waals surface area contributed by atoms with Crippen LogP contribution in [0, 0.1) is 0 Å². The molecule has 0 aromatic carbocycles. The van der Waals surface area contributed by atoms with E-state index in [2.05, 4.69) is 10.3 Å². The van der Waals surface area contributed by atoms with Gasteiger partial charge in [-0.05, 0) is 13.0 Å². The third kappa shape index (κ3) is 0.992. The number of nitrogens with zero attached hydrogens (tertiary/aromatic N) is 1. The fraction of sp³-hybridized carbons (Fsp3) is 0.400. The lowest BCUT2D eigenvalue weighted by molar-refractivity contribution is 0.999. The molecule has 0 radical (unpaired) electrons. The zero-order valence-electron chi connectivity index (χ0n) is 4.81. The van der Waals surface area contributed by atoms with Crippen LogP contribution in [0.1, 0.15) is 6.92 Å². The number of rotatable bonds is 0. The maximum Gasteiger partial charge on any atom is 0.193 e. The smallest absolute Gasteiger partial charge is 0.193 e. The van der Waals surface area contributed by atoms with Crippen molar-refractivity contribution < 1.29 is 0 Å². The lowest BCUT2D eigenvalue weighted by atomic mass is 10.4. The second-order valence-corrected chi connectivity index (χ2v) is 1.74. The van der Waals surface area contributed by atoms with E-state index in [4.69, 9.17) is 5.73 Å². The van der Waals surface area contributed by atoms with Gasteiger partial charge < -0.3 is 11.1 Å². The van der Waals surface area contributed by atoms with Gasteiger partial charge in [-0.3, -0.25) is 0 Å². The van der Waals surface area contributed by atoms with E-state index in [1.807, 2.05) is 13.0 Å². The van der Waals surface area contributed by atoms with E-state index in [-0.39, 0.29) is 0 Å². The highest BCUT2D eigenvalue weighted by molar-refractivity contribution is 5.80. The second kappa shape index (κ2) is 1.86. The van der Waals surface area contributed by atoms with Crippen molar-refractivity contribution in [3.63, 3.8) is 0 Å². The van der Waals surface area contributed by atoms with Crippen LogP contribution in [0.4, 0.5) is 0 Å². The molecule has 0 amide bonds. The van der Waals surface area contributed by atoms with Crippen LogP contribution >= 0.6 is 0 Å². The van der Waals surface area contributed by atoms with Crippen molar-refractivity contribution in [2.75, 3.05) is 6.54 Å². The molecular formula is C5H9N3. The summed E-state index contributed by atoms with van der Waals surface area (Å²) in [5.74, 6) is 0.519. The highest BCUT2D eigenvalue weighted by atomic mass is 15.1. The van der Waals surface area contributed by atoms with Gasteiger partial charge in [-0.2, -0.15) is 0 Å². The summed E-state index contributed by atoms with van der Waals surface area (Å²) >= 11 is 0. The highest BCUT2D eigenvalue weighted by Crippen LogP contribution is 1.90. The summed E-state index contributed by atoms with van der Waals surface area (Å²) in [5.41, 5.74) is 6.40. The fourth-order valence-corrected chi connectivity index (χ4v) is 0.573. The SMILES string of the molecule is CC1=CCN=C(N)N1. The number of nitrogens with one attached hydrogen (secondary N) is 1. The van der Waals surface area contributed by atoms with Gasteiger partial charge in [0.05, 0.1) is 6.54 Å². The number of guanidine groups is 1. The first-order chi connectivity index (χ1) is 3.79. The average molecular weight is 111 g/mol. The Balaban J connectivity index is 2.57. The van der Waals surface area contributed by atoms with Crippen molar-refractivity contribution in [2.45, 2.75) is 6.92 Å². The summed E-state index contributed by atoms with van der Waals surface area (Å²) < 4.78 is 0. The first-order valence-electron chi connectivity index (χ1n) is 2.53. The Hall–Kier alpha value is -0.990. The molecule has 3 heteroatoms. The minimum Gasteiger partial charge on any atom is -0.370 e. The van der Waals surface area contributed by atoms with E-state index < -0.39 is 0 Å². The Morgan fingerprint density at radius 2 is 2.62 bits per heavy atom. The molecule has 1 aliphatic heterocycles. The number of hydrogen-bond acceptors (Lipinski definition) is 3. The van der Waals surface area contributed by atoms with Crippen LogP contribution in [0.5, 0.6) is 0 Å². The van der Waals surface area contributed by atoms with Gasteiger partial charge >= 0.3 is 0 Å². The van der Waals surface area contributed by atoms with Gasteiger partial charge in [0.1, 0.15) is 0 Å². The molecule has 0 bridgehead atoms. The van der Waals surface area contributed by atoms with E-state index in [9.17, 15) is 0 Å². The first-order valence-corrected chi connectivity index (χ1v) is 2.53. The first kappa shape index (κ1) is 5.15. The summed E-state index contributed by atoms with van der Waals surface area (Å²) in [6.07, 6.45) is 1.98. The topological polar surface area (TPSA) is 50.4 Å². The molecule has 8 heavy (non-hydrogen) atoms. The Bertz CT molecular complexity index is 130. The highest BCUT2D eigenvalue weighted by Gasteiger charge is 1.95. The summed E-state index contributed by atoms with van der Waals surface area (Å²) in [4.78, 5) is 3.89. The lowest BCUT2D eigenvalue weighted by Gasteiger charge is -2.08. The second-order valence-electron chi connectivity index (χ2n) is 1.74.